The first-order valence-electron chi connectivity index (χ1n) is 8.65. The average Bonchev–Trinajstić information content (AvgIpc) is 2.75. The van der Waals surface area contributed by atoms with E-state index in [1.165, 1.54) is 13.2 Å². The van der Waals surface area contributed by atoms with Gasteiger partial charge in [0, 0.05) is 13.2 Å². The Bertz CT molecular complexity index is 917. The van der Waals surface area contributed by atoms with Gasteiger partial charge in [-0.05, 0) is 17.2 Å². The number of esters is 1. The molecule has 0 saturated carbocycles. The number of rotatable bonds is 7. The van der Waals surface area contributed by atoms with Crippen molar-refractivity contribution in [1.29, 1.82) is 0 Å². The smallest absolute Gasteiger partial charge is 0.348 e. The van der Waals surface area contributed by atoms with Crippen molar-refractivity contribution in [3.8, 4) is 0 Å². The molecule has 3 aromatic carbocycles. The number of hydrogen-bond donors (Lipinski definition) is 0. The van der Waals surface area contributed by atoms with E-state index in [9.17, 15) is 14.9 Å². The Morgan fingerprint density at radius 2 is 1.39 bits per heavy atom. The zero-order valence-corrected chi connectivity index (χ0v) is 15.3. The van der Waals surface area contributed by atoms with Crippen LogP contribution < -0.4 is 0 Å². The Morgan fingerprint density at radius 1 is 0.893 bits per heavy atom. The lowest BCUT2D eigenvalue weighted by Crippen LogP contribution is -2.40. The summed E-state index contributed by atoms with van der Waals surface area (Å²) in [5, 5.41) is 11.2. The van der Waals surface area contributed by atoms with Gasteiger partial charge < -0.3 is 9.47 Å². The van der Waals surface area contributed by atoms with Crippen LogP contribution in [0.2, 0.25) is 0 Å². The van der Waals surface area contributed by atoms with Gasteiger partial charge in [0.1, 0.15) is 6.61 Å². The van der Waals surface area contributed by atoms with Crippen LogP contribution in [0, 0.1) is 10.1 Å². The Kier molecular flexibility index (Phi) is 5.81. The van der Waals surface area contributed by atoms with Gasteiger partial charge in [-0.2, -0.15) is 0 Å². The molecule has 28 heavy (non-hydrogen) atoms. The summed E-state index contributed by atoms with van der Waals surface area (Å²) >= 11 is 0. The molecule has 3 rings (SSSR count). The normalized spacial score (nSPS) is 11.0. The highest BCUT2D eigenvalue weighted by Gasteiger charge is 2.44. The molecule has 0 aliphatic rings. The molecule has 0 atom stereocenters. The third-order valence-electron chi connectivity index (χ3n) is 4.50. The molecule has 6 heteroatoms. The molecule has 3 aromatic rings. The van der Waals surface area contributed by atoms with Crippen molar-refractivity contribution < 1.29 is 19.2 Å². The first kappa shape index (κ1) is 19.3. The van der Waals surface area contributed by atoms with Crippen molar-refractivity contribution in [2.45, 2.75) is 12.2 Å². The number of methoxy groups -OCH3 is 1. The summed E-state index contributed by atoms with van der Waals surface area (Å²) in [7, 11) is 1.44. The lowest BCUT2D eigenvalue weighted by molar-refractivity contribution is -0.385. The number of nitro groups is 1. The van der Waals surface area contributed by atoms with Gasteiger partial charge in [0.2, 0.25) is 5.60 Å². The highest BCUT2D eigenvalue weighted by molar-refractivity contribution is 5.86. The monoisotopic (exact) mass is 377 g/mol. The van der Waals surface area contributed by atoms with Crippen LogP contribution in [0.25, 0.3) is 0 Å². The second-order valence-electron chi connectivity index (χ2n) is 6.08. The first-order valence-corrected chi connectivity index (χ1v) is 8.65. The summed E-state index contributed by atoms with van der Waals surface area (Å²) < 4.78 is 11.2. The van der Waals surface area contributed by atoms with E-state index in [1.54, 1.807) is 66.7 Å². The zero-order chi connectivity index (χ0) is 20.0. The SMILES string of the molecule is COC(C(=O)OCc1ccccc1[N+](=O)[O-])(c1ccccc1)c1ccccc1. The fourth-order valence-corrected chi connectivity index (χ4v) is 3.12. The van der Waals surface area contributed by atoms with Crippen LogP contribution in [0.5, 0.6) is 0 Å². The number of hydrogen-bond acceptors (Lipinski definition) is 5. The minimum atomic E-state index is -1.48. The predicted octanol–water partition coefficient (Wildman–Crippen LogP) is 4.23. The van der Waals surface area contributed by atoms with Gasteiger partial charge in [-0.3, -0.25) is 10.1 Å². The van der Waals surface area contributed by atoms with Crippen LogP contribution in [0.1, 0.15) is 16.7 Å². The molecule has 0 aliphatic heterocycles. The maximum absolute atomic E-state index is 13.2. The van der Waals surface area contributed by atoms with Gasteiger partial charge in [-0.1, -0.05) is 72.8 Å². The summed E-state index contributed by atoms with van der Waals surface area (Å²) in [4.78, 5) is 23.9. The Balaban J connectivity index is 1.98. The van der Waals surface area contributed by atoms with Gasteiger partial charge in [0.15, 0.2) is 0 Å². The molecule has 0 radical (unpaired) electrons. The summed E-state index contributed by atoms with van der Waals surface area (Å²) in [5.74, 6) is -0.648. The molecule has 0 saturated heterocycles. The Morgan fingerprint density at radius 3 is 1.89 bits per heavy atom. The van der Waals surface area contributed by atoms with Gasteiger partial charge in [0.05, 0.1) is 10.5 Å². The number of nitro benzene ring substituents is 1. The fourth-order valence-electron chi connectivity index (χ4n) is 3.12. The Hall–Kier alpha value is -3.51. The van der Waals surface area contributed by atoms with Crippen molar-refractivity contribution in [2.75, 3.05) is 7.11 Å². The van der Waals surface area contributed by atoms with Crippen molar-refractivity contribution in [3.05, 3.63) is 112 Å². The molecule has 0 bridgehead atoms. The Labute approximate surface area is 162 Å². The highest BCUT2D eigenvalue weighted by atomic mass is 16.6. The molecule has 6 nitrogen and oxygen atoms in total. The summed E-state index contributed by atoms with van der Waals surface area (Å²) in [5.41, 5.74) is -0.0521. The molecule has 0 heterocycles. The second-order valence-corrected chi connectivity index (χ2v) is 6.08. The highest BCUT2D eigenvalue weighted by Crippen LogP contribution is 2.35. The summed E-state index contributed by atoms with van der Waals surface area (Å²) in [6.07, 6.45) is 0. The maximum atomic E-state index is 13.2. The van der Waals surface area contributed by atoms with Crippen molar-refractivity contribution >= 4 is 11.7 Å². The van der Waals surface area contributed by atoms with Crippen LogP contribution in [0.3, 0.4) is 0 Å². The number of carbonyl (C=O) groups excluding carboxylic acids is 1. The third-order valence-corrected chi connectivity index (χ3v) is 4.50. The third kappa shape index (κ3) is 3.63. The number of benzene rings is 3. The molecule has 0 aromatic heterocycles. The number of para-hydroxylation sites is 1. The summed E-state index contributed by atoms with van der Waals surface area (Å²) in [6.45, 7) is -0.235. The molecule has 0 fully saturated rings. The molecule has 0 spiro atoms. The number of nitrogens with zero attached hydrogens (tertiary/aromatic N) is 1. The predicted molar refractivity (Wildman–Crippen MR) is 104 cm³/mol. The van der Waals surface area contributed by atoms with E-state index in [2.05, 4.69) is 0 Å². The van der Waals surface area contributed by atoms with E-state index in [-0.39, 0.29) is 12.3 Å². The maximum Gasteiger partial charge on any atom is 0.348 e. The van der Waals surface area contributed by atoms with Crippen LogP contribution in [-0.4, -0.2) is 18.0 Å². The lowest BCUT2D eigenvalue weighted by atomic mass is 9.86. The molecule has 0 N–H and O–H groups in total. The minimum Gasteiger partial charge on any atom is -0.458 e. The van der Waals surface area contributed by atoms with E-state index < -0.39 is 16.5 Å². The molecule has 142 valence electrons. The molecular formula is C22H19NO5. The van der Waals surface area contributed by atoms with Gasteiger partial charge in [-0.15, -0.1) is 0 Å². The second kappa shape index (κ2) is 8.45. The first-order chi connectivity index (χ1) is 13.6. The molecular weight excluding hydrogens is 358 g/mol. The molecule has 0 unspecified atom stereocenters. The fraction of sp³-hybridized carbons (Fsp3) is 0.136. The largest absolute Gasteiger partial charge is 0.458 e. The average molecular weight is 377 g/mol. The minimum absolute atomic E-state index is 0.0993. The van der Waals surface area contributed by atoms with Gasteiger partial charge in [-0.25, -0.2) is 4.79 Å². The zero-order valence-electron chi connectivity index (χ0n) is 15.3. The van der Waals surface area contributed by atoms with E-state index in [0.29, 0.717) is 16.7 Å². The molecule has 0 aliphatic carbocycles. The van der Waals surface area contributed by atoms with Gasteiger partial charge >= 0.3 is 5.97 Å². The number of ether oxygens (including phenoxy) is 2. The topological polar surface area (TPSA) is 78.7 Å². The van der Waals surface area contributed by atoms with E-state index in [1.807, 2.05) is 12.1 Å². The van der Waals surface area contributed by atoms with Gasteiger partial charge in [0.25, 0.3) is 5.69 Å². The standard InChI is InChI=1S/C22H19NO5/c1-27-22(18-11-4-2-5-12-18,19-13-6-3-7-14-19)21(24)28-16-17-10-8-9-15-20(17)23(25)26/h2-15H,16H2,1H3. The quantitative estimate of drug-likeness (QED) is 0.350. The van der Waals surface area contributed by atoms with Crippen LogP contribution in [0.4, 0.5) is 5.69 Å². The van der Waals surface area contributed by atoms with E-state index >= 15 is 0 Å². The van der Waals surface area contributed by atoms with E-state index in [4.69, 9.17) is 9.47 Å². The number of carbonyl (C=O) groups is 1. The van der Waals surface area contributed by atoms with Crippen LogP contribution in [0.15, 0.2) is 84.9 Å². The summed E-state index contributed by atoms with van der Waals surface area (Å²) in [6, 6.07) is 24.2. The van der Waals surface area contributed by atoms with Crippen molar-refractivity contribution in [3.63, 3.8) is 0 Å². The van der Waals surface area contributed by atoms with Crippen molar-refractivity contribution in [2.24, 2.45) is 0 Å². The van der Waals surface area contributed by atoms with Crippen LogP contribution >= 0.6 is 0 Å². The van der Waals surface area contributed by atoms with E-state index in [0.717, 1.165) is 0 Å². The lowest BCUT2D eigenvalue weighted by Gasteiger charge is -2.31. The van der Waals surface area contributed by atoms with Crippen LogP contribution in [-0.2, 0) is 26.5 Å². The molecule has 0 amide bonds. The van der Waals surface area contributed by atoms with Crippen molar-refractivity contribution in [1.82, 2.24) is 0 Å².